The number of piperazine rings is 1. The molecule has 4 nitrogen and oxygen atoms in total. The summed E-state index contributed by atoms with van der Waals surface area (Å²) in [5, 5.41) is 9.55. The molecule has 0 amide bonds. The Kier molecular flexibility index (Phi) is 10.5. The fourth-order valence-electron chi connectivity index (χ4n) is 3.50. The molecule has 0 aliphatic carbocycles. The second-order valence-corrected chi connectivity index (χ2v) is 7.01. The molecule has 1 heterocycles. The molecule has 1 unspecified atom stereocenters. The number of ether oxygens (including phenoxy) is 1. The zero-order valence-corrected chi connectivity index (χ0v) is 17.8. The summed E-state index contributed by atoms with van der Waals surface area (Å²) < 4.78 is 5.39. The minimum absolute atomic E-state index is 0.0909. The van der Waals surface area contributed by atoms with Gasteiger partial charge in [-0.15, -0.1) is 0 Å². The molecular weight excluding hydrogens is 372 g/mol. The molecule has 1 atom stereocenters. The molecule has 1 fully saturated rings. The Balaban J connectivity index is 0.00000136. The lowest BCUT2D eigenvalue weighted by molar-refractivity contribution is 0.0522. The van der Waals surface area contributed by atoms with E-state index in [1.165, 1.54) is 11.1 Å². The van der Waals surface area contributed by atoms with Crippen molar-refractivity contribution >= 4 is 11.6 Å². The second-order valence-electron chi connectivity index (χ2n) is 6.58. The highest BCUT2D eigenvalue weighted by Gasteiger charge is 2.26. The van der Waals surface area contributed by atoms with Gasteiger partial charge in [0.2, 0.25) is 0 Å². The molecule has 2 aromatic carbocycles. The predicted molar refractivity (Wildman–Crippen MR) is 117 cm³/mol. The Labute approximate surface area is 174 Å². The third-order valence-electron chi connectivity index (χ3n) is 4.86. The Morgan fingerprint density at radius 2 is 1.50 bits per heavy atom. The van der Waals surface area contributed by atoms with Crippen LogP contribution < -0.4 is 0 Å². The maximum atomic E-state index is 8.78. The van der Waals surface area contributed by atoms with Crippen molar-refractivity contribution in [1.29, 1.82) is 0 Å². The zero-order valence-electron chi connectivity index (χ0n) is 17.1. The van der Waals surface area contributed by atoms with Crippen LogP contribution in [0.2, 0.25) is 5.02 Å². The van der Waals surface area contributed by atoms with E-state index in [0.717, 1.165) is 37.7 Å². The molecule has 2 aromatic rings. The molecule has 1 N–H and O–H groups in total. The van der Waals surface area contributed by atoms with Crippen LogP contribution in [0.1, 0.15) is 31.0 Å². The zero-order chi connectivity index (χ0) is 20.2. The molecule has 0 radical (unpaired) electrons. The molecular formula is C23H33ClN2O2. The van der Waals surface area contributed by atoms with Gasteiger partial charge in [0.1, 0.15) is 0 Å². The van der Waals surface area contributed by atoms with Gasteiger partial charge in [-0.3, -0.25) is 9.80 Å². The molecule has 1 aliphatic rings. The van der Waals surface area contributed by atoms with Gasteiger partial charge in [0.25, 0.3) is 0 Å². The lowest BCUT2D eigenvalue weighted by atomic mass is 9.96. The molecule has 0 spiro atoms. The standard InChI is InChI=1S/C21H27ClN2O2.C2H6/c22-20-8-6-19(7-9-20)21(18-4-2-1-3-5-18)24-12-10-23(11-13-24)14-16-26-17-15-25;1-2/h1-9,21,25H,10-17H2;1-2H3. The number of hydrogen-bond acceptors (Lipinski definition) is 4. The summed E-state index contributed by atoms with van der Waals surface area (Å²) in [4.78, 5) is 4.97. The van der Waals surface area contributed by atoms with Crippen LogP contribution in [0.25, 0.3) is 0 Å². The normalized spacial score (nSPS) is 16.3. The van der Waals surface area contributed by atoms with Gasteiger partial charge in [0, 0.05) is 37.7 Å². The summed E-state index contributed by atoms with van der Waals surface area (Å²) in [5.41, 5.74) is 2.59. The van der Waals surface area contributed by atoms with Gasteiger partial charge in [-0.25, -0.2) is 0 Å². The molecule has 5 heteroatoms. The third-order valence-corrected chi connectivity index (χ3v) is 5.11. The van der Waals surface area contributed by atoms with Gasteiger partial charge >= 0.3 is 0 Å². The van der Waals surface area contributed by atoms with Gasteiger partial charge in [0.15, 0.2) is 0 Å². The van der Waals surface area contributed by atoms with Crippen molar-refractivity contribution in [3.05, 3.63) is 70.7 Å². The van der Waals surface area contributed by atoms with Crippen LogP contribution in [0.4, 0.5) is 0 Å². The van der Waals surface area contributed by atoms with E-state index >= 15 is 0 Å². The van der Waals surface area contributed by atoms with E-state index in [0.29, 0.717) is 13.2 Å². The maximum absolute atomic E-state index is 8.78. The summed E-state index contributed by atoms with van der Waals surface area (Å²) in [7, 11) is 0. The average Bonchev–Trinajstić information content (AvgIpc) is 2.76. The first-order valence-corrected chi connectivity index (χ1v) is 10.6. The van der Waals surface area contributed by atoms with Crippen molar-refractivity contribution in [2.45, 2.75) is 19.9 Å². The van der Waals surface area contributed by atoms with E-state index in [1.54, 1.807) is 0 Å². The number of hydrogen-bond donors (Lipinski definition) is 1. The molecule has 0 bridgehead atoms. The van der Waals surface area contributed by atoms with Crippen molar-refractivity contribution in [2.24, 2.45) is 0 Å². The Bertz CT molecular complexity index is 643. The van der Waals surface area contributed by atoms with Gasteiger partial charge in [-0.1, -0.05) is 67.9 Å². The van der Waals surface area contributed by atoms with Crippen molar-refractivity contribution in [3.8, 4) is 0 Å². The number of aliphatic hydroxyl groups is 1. The minimum atomic E-state index is 0.0909. The molecule has 1 aliphatic heterocycles. The highest BCUT2D eigenvalue weighted by atomic mass is 35.5. The Hall–Kier alpha value is -1.43. The largest absolute Gasteiger partial charge is 0.394 e. The summed E-state index contributed by atoms with van der Waals surface area (Å²) in [5.74, 6) is 0. The van der Waals surface area contributed by atoms with E-state index < -0.39 is 0 Å². The first-order chi connectivity index (χ1) is 13.8. The summed E-state index contributed by atoms with van der Waals surface area (Å²) in [6.45, 7) is 10.2. The first kappa shape index (κ1) is 22.9. The van der Waals surface area contributed by atoms with Gasteiger partial charge < -0.3 is 9.84 Å². The van der Waals surface area contributed by atoms with Crippen LogP contribution in [0, 0.1) is 0 Å². The Morgan fingerprint density at radius 1 is 0.893 bits per heavy atom. The van der Waals surface area contributed by atoms with Crippen LogP contribution in [-0.4, -0.2) is 67.5 Å². The lowest BCUT2D eigenvalue weighted by Crippen LogP contribution is -2.48. The van der Waals surface area contributed by atoms with E-state index in [1.807, 2.05) is 26.0 Å². The van der Waals surface area contributed by atoms with Crippen molar-refractivity contribution in [2.75, 3.05) is 52.5 Å². The molecule has 0 aromatic heterocycles. The van der Waals surface area contributed by atoms with Crippen molar-refractivity contribution < 1.29 is 9.84 Å². The topological polar surface area (TPSA) is 35.9 Å². The smallest absolute Gasteiger partial charge is 0.0698 e. The van der Waals surface area contributed by atoms with Crippen LogP contribution in [0.5, 0.6) is 0 Å². The first-order valence-electron chi connectivity index (χ1n) is 10.2. The van der Waals surface area contributed by atoms with E-state index in [4.69, 9.17) is 21.4 Å². The number of aliphatic hydroxyl groups excluding tert-OH is 1. The number of nitrogens with zero attached hydrogens (tertiary/aromatic N) is 2. The number of benzene rings is 2. The fraction of sp³-hybridized carbons (Fsp3) is 0.478. The van der Waals surface area contributed by atoms with Gasteiger partial charge in [-0.2, -0.15) is 0 Å². The minimum Gasteiger partial charge on any atom is -0.394 e. The third kappa shape index (κ3) is 6.87. The van der Waals surface area contributed by atoms with E-state index in [9.17, 15) is 0 Å². The van der Waals surface area contributed by atoms with Crippen LogP contribution in [-0.2, 0) is 4.74 Å². The van der Waals surface area contributed by atoms with Gasteiger partial charge in [0.05, 0.1) is 25.9 Å². The molecule has 28 heavy (non-hydrogen) atoms. The van der Waals surface area contributed by atoms with E-state index in [2.05, 4.69) is 52.3 Å². The van der Waals surface area contributed by atoms with Crippen LogP contribution in [0.15, 0.2) is 54.6 Å². The van der Waals surface area contributed by atoms with E-state index in [-0.39, 0.29) is 12.6 Å². The van der Waals surface area contributed by atoms with Gasteiger partial charge in [-0.05, 0) is 23.3 Å². The molecule has 1 saturated heterocycles. The van der Waals surface area contributed by atoms with Crippen LogP contribution in [0.3, 0.4) is 0 Å². The lowest BCUT2D eigenvalue weighted by Gasteiger charge is -2.39. The molecule has 3 rings (SSSR count). The highest BCUT2D eigenvalue weighted by Crippen LogP contribution is 2.30. The summed E-state index contributed by atoms with van der Waals surface area (Å²) >= 11 is 6.09. The van der Waals surface area contributed by atoms with Crippen molar-refractivity contribution in [3.63, 3.8) is 0 Å². The number of rotatable bonds is 8. The second kappa shape index (κ2) is 12.9. The Morgan fingerprint density at radius 3 is 2.11 bits per heavy atom. The monoisotopic (exact) mass is 404 g/mol. The van der Waals surface area contributed by atoms with Crippen LogP contribution >= 0.6 is 11.6 Å². The highest BCUT2D eigenvalue weighted by molar-refractivity contribution is 6.30. The predicted octanol–water partition coefficient (Wildman–Crippen LogP) is 4.08. The summed E-state index contributed by atoms with van der Waals surface area (Å²) in [6, 6.07) is 19.1. The molecule has 154 valence electrons. The molecule has 0 saturated carbocycles. The maximum Gasteiger partial charge on any atom is 0.0698 e. The average molecular weight is 405 g/mol. The van der Waals surface area contributed by atoms with Crippen molar-refractivity contribution in [1.82, 2.24) is 9.80 Å². The summed E-state index contributed by atoms with van der Waals surface area (Å²) in [6.07, 6.45) is 0. The quantitative estimate of drug-likeness (QED) is 0.672. The SMILES string of the molecule is CC.OCCOCCN1CCN(C(c2ccccc2)c2ccc(Cl)cc2)CC1. The fourth-order valence-corrected chi connectivity index (χ4v) is 3.63. The number of halogens is 1.